The first-order chi connectivity index (χ1) is 14.0. The van der Waals surface area contributed by atoms with Gasteiger partial charge in [-0.05, 0) is 52.7 Å². The van der Waals surface area contributed by atoms with Crippen molar-refractivity contribution >= 4 is 29.3 Å². The molecule has 29 heavy (non-hydrogen) atoms. The second-order valence-electron chi connectivity index (χ2n) is 6.88. The molecule has 1 aliphatic rings. The van der Waals surface area contributed by atoms with Gasteiger partial charge in [-0.2, -0.15) is 0 Å². The number of benzene rings is 3. The van der Waals surface area contributed by atoms with Gasteiger partial charge in [0.2, 0.25) is 0 Å². The fourth-order valence-electron chi connectivity index (χ4n) is 3.28. The van der Waals surface area contributed by atoms with Crippen molar-refractivity contribution in [3.05, 3.63) is 102 Å². The lowest BCUT2D eigenvalue weighted by Gasteiger charge is -2.16. The van der Waals surface area contributed by atoms with E-state index in [1.165, 1.54) is 12.1 Å². The molecule has 1 saturated heterocycles. The minimum absolute atomic E-state index is 0.158. The molecule has 0 unspecified atom stereocenters. The molecule has 3 nitrogen and oxygen atoms in total. The second kappa shape index (κ2) is 7.97. The van der Waals surface area contributed by atoms with Crippen LogP contribution in [-0.4, -0.2) is 27.9 Å². The van der Waals surface area contributed by atoms with Crippen LogP contribution >= 0.6 is 12.2 Å². The molecular weight excluding hydrogens is 383 g/mol. The third-order valence-electron chi connectivity index (χ3n) is 4.92. The van der Waals surface area contributed by atoms with Crippen LogP contribution in [0.3, 0.4) is 0 Å². The van der Waals surface area contributed by atoms with Gasteiger partial charge >= 0.3 is 0 Å². The fourth-order valence-corrected chi connectivity index (χ4v) is 3.53. The van der Waals surface area contributed by atoms with Crippen molar-refractivity contribution in [1.82, 2.24) is 9.80 Å². The largest absolute Gasteiger partial charge is 0.317 e. The predicted octanol–water partition coefficient (Wildman–Crippen LogP) is 5.09. The maximum absolute atomic E-state index is 13.1. The number of carbonyl (C=O) groups excluding carboxylic acids is 1. The van der Waals surface area contributed by atoms with Gasteiger partial charge in [0, 0.05) is 7.05 Å². The maximum atomic E-state index is 13.1. The van der Waals surface area contributed by atoms with E-state index < -0.39 is 0 Å². The molecule has 0 aliphatic carbocycles. The van der Waals surface area contributed by atoms with Crippen molar-refractivity contribution < 1.29 is 9.18 Å². The molecule has 0 saturated carbocycles. The van der Waals surface area contributed by atoms with E-state index in [2.05, 4.69) is 12.1 Å². The number of hydrogen-bond donors (Lipinski definition) is 0. The number of hydrogen-bond acceptors (Lipinski definition) is 2. The van der Waals surface area contributed by atoms with Gasteiger partial charge in [-0.25, -0.2) is 4.39 Å². The summed E-state index contributed by atoms with van der Waals surface area (Å²) in [5.41, 5.74) is 4.49. The molecule has 144 valence electrons. The van der Waals surface area contributed by atoms with Crippen molar-refractivity contribution in [2.75, 3.05) is 7.05 Å². The molecule has 4 rings (SSSR count). The predicted molar refractivity (Wildman–Crippen MR) is 117 cm³/mol. The normalized spacial score (nSPS) is 15.4. The van der Waals surface area contributed by atoms with E-state index in [0.29, 0.717) is 17.4 Å². The Kier molecular flexibility index (Phi) is 5.23. The van der Waals surface area contributed by atoms with Gasteiger partial charge < -0.3 is 4.90 Å². The Labute approximate surface area is 174 Å². The van der Waals surface area contributed by atoms with Crippen LogP contribution in [0.1, 0.15) is 11.1 Å². The highest BCUT2D eigenvalue weighted by Gasteiger charge is 2.35. The maximum Gasteiger partial charge on any atom is 0.277 e. The van der Waals surface area contributed by atoms with E-state index in [0.717, 1.165) is 22.3 Å². The highest BCUT2D eigenvalue weighted by Crippen LogP contribution is 2.25. The molecule has 0 bridgehead atoms. The summed E-state index contributed by atoms with van der Waals surface area (Å²) in [6.45, 7) is 0.401. The van der Waals surface area contributed by atoms with Crippen molar-refractivity contribution in [2.24, 2.45) is 0 Å². The summed E-state index contributed by atoms with van der Waals surface area (Å²) >= 11 is 5.49. The number of rotatable bonds is 4. The molecule has 1 fully saturated rings. The average molecular weight is 402 g/mol. The smallest absolute Gasteiger partial charge is 0.277 e. The standard InChI is InChI=1S/C24H19FN2OS/c1-26-22(15-17-9-13-21(25)14-10-17)23(28)27(24(26)29)16-18-7-11-20(12-8-18)19-5-3-2-4-6-19/h2-15H,16H2,1H3. The van der Waals surface area contributed by atoms with Crippen LogP contribution in [0.5, 0.6) is 0 Å². The minimum atomic E-state index is -0.311. The summed E-state index contributed by atoms with van der Waals surface area (Å²) in [6, 6.07) is 24.3. The van der Waals surface area contributed by atoms with Crippen molar-refractivity contribution in [3.8, 4) is 11.1 Å². The van der Waals surface area contributed by atoms with E-state index in [1.54, 1.807) is 35.1 Å². The SMILES string of the molecule is CN1C(=S)N(Cc2ccc(-c3ccccc3)cc2)C(=O)C1=Cc1ccc(F)cc1. The zero-order valence-corrected chi connectivity index (χ0v) is 16.7. The van der Waals surface area contributed by atoms with E-state index >= 15 is 0 Å². The van der Waals surface area contributed by atoms with E-state index in [-0.39, 0.29) is 11.7 Å². The molecule has 1 heterocycles. The molecule has 3 aromatic rings. The summed E-state index contributed by atoms with van der Waals surface area (Å²) in [4.78, 5) is 16.2. The van der Waals surface area contributed by atoms with Crippen LogP contribution in [0.2, 0.25) is 0 Å². The average Bonchev–Trinajstić information content (AvgIpc) is 2.95. The fraction of sp³-hybridized carbons (Fsp3) is 0.0833. The molecular formula is C24H19FN2OS. The van der Waals surface area contributed by atoms with Gasteiger partial charge in [0.25, 0.3) is 5.91 Å². The Hall–Kier alpha value is -3.31. The molecule has 1 aliphatic heterocycles. The second-order valence-corrected chi connectivity index (χ2v) is 7.24. The van der Waals surface area contributed by atoms with Gasteiger partial charge in [0.15, 0.2) is 5.11 Å². The van der Waals surface area contributed by atoms with Crippen molar-refractivity contribution in [2.45, 2.75) is 6.54 Å². The number of amides is 1. The molecule has 1 amide bonds. The third-order valence-corrected chi connectivity index (χ3v) is 5.41. The van der Waals surface area contributed by atoms with Crippen LogP contribution in [0, 0.1) is 5.82 Å². The number of nitrogens with zero attached hydrogens (tertiary/aromatic N) is 2. The Balaban J connectivity index is 1.54. The van der Waals surface area contributed by atoms with Crippen LogP contribution < -0.4 is 0 Å². The number of thiocarbonyl (C=S) groups is 1. The first-order valence-corrected chi connectivity index (χ1v) is 9.65. The first-order valence-electron chi connectivity index (χ1n) is 9.24. The molecule has 0 atom stereocenters. The highest BCUT2D eigenvalue weighted by molar-refractivity contribution is 7.80. The van der Waals surface area contributed by atoms with E-state index in [1.807, 2.05) is 42.5 Å². The van der Waals surface area contributed by atoms with Crippen molar-refractivity contribution in [3.63, 3.8) is 0 Å². The number of carbonyl (C=O) groups is 1. The quantitative estimate of drug-likeness (QED) is 0.448. The summed E-state index contributed by atoms with van der Waals surface area (Å²) < 4.78 is 13.1. The third kappa shape index (κ3) is 3.96. The number of halogens is 1. The topological polar surface area (TPSA) is 23.6 Å². The van der Waals surface area contributed by atoms with Crippen LogP contribution in [-0.2, 0) is 11.3 Å². The van der Waals surface area contributed by atoms with Gasteiger partial charge in [-0.15, -0.1) is 0 Å². The Morgan fingerprint density at radius 3 is 2.17 bits per heavy atom. The first kappa shape index (κ1) is 19.0. The van der Waals surface area contributed by atoms with Gasteiger partial charge in [0.1, 0.15) is 11.5 Å². The molecule has 3 aromatic carbocycles. The Morgan fingerprint density at radius 1 is 0.897 bits per heavy atom. The summed E-state index contributed by atoms with van der Waals surface area (Å²) in [7, 11) is 1.77. The zero-order chi connectivity index (χ0) is 20.4. The van der Waals surface area contributed by atoms with Crippen LogP contribution in [0.15, 0.2) is 84.6 Å². The summed E-state index contributed by atoms with van der Waals surface area (Å²) in [5.74, 6) is -0.469. The van der Waals surface area contributed by atoms with Gasteiger partial charge in [-0.1, -0.05) is 66.7 Å². The lowest BCUT2D eigenvalue weighted by atomic mass is 10.0. The summed E-state index contributed by atoms with van der Waals surface area (Å²) in [6.07, 6.45) is 1.73. The van der Waals surface area contributed by atoms with Gasteiger partial charge in [-0.3, -0.25) is 9.69 Å². The van der Waals surface area contributed by atoms with Crippen molar-refractivity contribution in [1.29, 1.82) is 0 Å². The summed E-state index contributed by atoms with van der Waals surface area (Å²) in [5, 5.41) is 0.454. The highest BCUT2D eigenvalue weighted by atomic mass is 32.1. The molecule has 5 heteroatoms. The Morgan fingerprint density at radius 2 is 1.52 bits per heavy atom. The molecule has 0 radical (unpaired) electrons. The van der Waals surface area contributed by atoms with E-state index in [4.69, 9.17) is 12.2 Å². The molecule has 0 N–H and O–H groups in total. The van der Waals surface area contributed by atoms with E-state index in [9.17, 15) is 9.18 Å². The molecule has 0 spiro atoms. The lowest BCUT2D eigenvalue weighted by molar-refractivity contribution is -0.122. The van der Waals surface area contributed by atoms with Gasteiger partial charge in [0.05, 0.1) is 6.54 Å². The van der Waals surface area contributed by atoms with Crippen LogP contribution in [0.4, 0.5) is 4.39 Å². The zero-order valence-electron chi connectivity index (χ0n) is 15.9. The monoisotopic (exact) mass is 402 g/mol. The van der Waals surface area contributed by atoms with Crippen LogP contribution in [0.25, 0.3) is 17.2 Å². The number of likely N-dealkylation sites (N-methyl/N-ethyl adjacent to an activating group) is 1. The minimum Gasteiger partial charge on any atom is -0.317 e. The lowest BCUT2D eigenvalue weighted by Crippen LogP contribution is -2.30. The Bertz CT molecular complexity index is 1080. The molecule has 0 aromatic heterocycles.